The number of primary amides is 1. The molecule has 0 atom stereocenters. The van der Waals surface area contributed by atoms with Gasteiger partial charge in [0, 0.05) is 5.69 Å². The molecule has 3 nitrogen and oxygen atoms in total. The molecule has 1 rings (SSSR count). The van der Waals surface area contributed by atoms with Crippen LogP contribution in [0.3, 0.4) is 0 Å². The smallest absolute Gasteiger partial charge is 0.252 e. The Morgan fingerprint density at radius 3 is 2.58 bits per heavy atom. The number of hydrogen-bond donors (Lipinski definition) is 1. The third kappa shape index (κ3) is 1.56. The fourth-order valence-corrected chi connectivity index (χ4v) is 1.46. The van der Waals surface area contributed by atoms with Crippen molar-refractivity contribution < 1.29 is 4.79 Å². The van der Waals surface area contributed by atoms with Crippen molar-refractivity contribution in [2.75, 3.05) is 0 Å². The van der Waals surface area contributed by atoms with Crippen molar-refractivity contribution in [1.82, 2.24) is 4.98 Å². The maximum Gasteiger partial charge on any atom is 0.252 e. The number of nitrogens with two attached hydrogens (primary N) is 1. The molecule has 0 bridgehead atoms. The van der Waals surface area contributed by atoms with Gasteiger partial charge in [-0.3, -0.25) is 9.78 Å². The summed E-state index contributed by atoms with van der Waals surface area (Å²) >= 11 is 5.79. The number of pyridine rings is 1. The Balaban J connectivity index is 3.38. The second-order valence-corrected chi connectivity index (χ2v) is 2.98. The SMILES string of the molecule is Cc1cc(Cl)c(C(N)=O)c(C)n1. The van der Waals surface area contributed by atoms with E-state index in [9.17, 15) is 4.79 Å². The molecule has 1 aromatic rings. The Kier molecular flexibility index (Phi) is 2.33. The van der Waals surface area contributed by atoms with Crippen molar-refractivity contribution in [3.63, 3.8) is 0 Å². The van der Waals surface area contributed by atoms with Gasteiger partial charge in [-0.05, 0) is 19.9 Å². The highest BCUT2D eigenvalue weighted by Crippen LogP contribution is 2.18. The van der Waals surface area contributed by atoms with Crippen molar-refractivity contribution in [1.29, 1.82) is 0 Å². The Bertz CT molecular complexity index is 313. The summed E-state index contributed by atoms with van der Waals surface area (Å²) in [5.74, 6) is -0.537. The van der Waals surface area contributed by atoms with Gasteiger partial charge >= 0.3 is 0 Å². The Morgan fingerprint density at radius 2 is 2.17 bits per heavy atom. The summed E-state index contributed by atoms with van der Waals surface area (Å²) in [5, 5.41) is 0.368. The van der Waals surface area contributed by atoms with Gasteiger partial charge in [-0.25, -0.2) is 0 Å². The summed E-state index contributed by atoms with van der Waals surface area (Å²) in [4.78, 5) is 14.9. The minimum atomic E-state index is -0.537. The van der Waals surface area contributed by atoms with Crippen LogP contribution in [0.15, 0.2) is 6.07 Å². The van der Waals surface area contributed by atoms with Gasteiger partial charge < -0.3 is 5.73 Å². The minimum absolute atomic E-state index is 0.308. The van der Waals surface area contributed by atoms with Crippen LogP contribution in [0.1, 0.15) is 21.7 Å². The topological polar surface area (TPSA) is 56.0 Å². The van der Waals surface area contributed by atoms with E-state index in [0.717, 1.165) is 5.69 Å². The molecule has 1 amide bonds. The number of hydrogen-bond acceptors (Lipinski definition) is 2. The van der Waals surface area contributed by atoms with Gasteiger partial charge in [-0.1, -0.05) is 11.6 Å². The molecule has 12 heavy (non-hydrogen) atoms. The zero-order valence-electron chi connectivity index (χ0n) is 6.89. The van der Waals surface area contributed by atoms with Gasteiger partial charge in [-0.15, -0.1) is 0 Å². The van der Waals surface area contributed by atoms with Crippen molar-refractivity contribution in [3.05, 3.63) is 28.0 Å². The zero-order valence-corrected chi connectivity index (χ0v) is 7.64. The highest BCUT2D eigenvalue weighted by molar-refractivity contribution is 6.33. The van der Waals surface area contributed by atoms with Gasteiger partial charge in [0.1, 0.15) is 0 Å². The van der Waals surface area contributed by atoms with E-state index < -0.39 is 5.91 Å². The van der Waals surface area contributed by atoms with E-state index in [1.807, 2.05) is 6.92 Å². The van der Waals surface area contributed by atoms with Gasteiger partial charge in [0.2, 0.25) is 0 Å². The Hall–Kier alpha value is -1.09. The molecule has 1 heterocycles. The number of rotatable bonds is 1. The molecule has 0 aliphatic rings. The molecular weight excluding hydrogens is 176 g/mol. The van der Waals surface area contributed by atoms with Crippen molar-refractivity contribution >= 4 is 17.5 Å². The highest BCUT2D eigenvalue weighted by atomic mass is 35.5. The van der Waals surface area contributed by atoms with Crippen LogP contribution in [0.4, 0.5) is 0 Å². The van der Waals surface area contributed by atoms with Crippen molar-refractivity contribution in [2.45, 2.75) is 13.8 Å². The zero-order chi connectivity index (χ0) is 9.30. The molecule has 0 spiro atoms. The minimum Gasteiger partial charge on any atom is -0.365 e. The molecule has 64 valence electrons. The van der Waals surface area contributed by atoms with E-state index in [4.69, 9.17) is 17.3 Å². The monoisotopic (exact) mass is 184 g/mol. The molecule has 1 aromatic heterocycles. The van der Waals surface area contributed by atoms with E-state index >= 15 is 0 Å². The highest BCUT2D eigenvalue weighted by Gasteiger charge is 2.11. The molecule has 0 saturated heterocycles. The lowest BCUT2D eigenvalue weighted by Gasteiger charge is -2.04. The summed E-state index contributed by atoms with van der Waals surface area (Å²) in [5.41, 5.74) is 6.77. The molecule has 0 unspecified atom stereocenters. The number of amides is 1. The molecule has 4 heteroatoms. The fraction of sp³-hybridized carbons (Fsp3) is 0.250. The summed E-state index contributed by atoms with van der Waals surface area (Å²) in [6, 6.07) is 1.62. The fourth-order valence-electron chi connectivity index (χ4n) is 1.08. The van der Waals surface area contributed by atoms with Crippen LogP contribution in [0.2, 0.25) is 5.02 Å². The summed E-state index contributed by atoms with van der Waals surface area (Å²) in [6.07, 6.45) is 0. The van der Waals surface area contributed by atoms with E-state index in [1.165, 1.54) is 0 Å². The molecule has 0 fully saturated rings. The second kappa shape index (κ2) is 3.11. The summed E-state index contributed by atoms with van der Waals surface area (Å²) in [7, 11) is 0. The van der Waals surface area contributed by atoms with Crippen molar-refractivity contribution in [2.24, 2.45) is 5.73 Å². The van der Waals surface area contributed by atoms with Crippen molar-refractivity contribution in [3.8, 4) is 0 Å². The molecule has 0 saturated carbocycles. The standard InChI is InChI=1S/C8H9ClN2O/c1-4-3-6(9)7(8(10)12)5(2)11-4/h3H,1-2H3,(H2,10,12). The molecule has 0 radical (unpaired) electrons. The lowest BCUT2D eigenvalue weighted by Crippen LogP contribution is -2.14. The number of nitrogens with zero attached hydrogens (tertiary/aromatic N) is 1. The van der Waals surface area contributed by atoms with Crippen LogP contribution in [-0.4, -0.2) is 10.9 Å². The van der Waals surface area contributed by atoms with Gasteiger partial charge in [-0.2, -0.15) is 0 Å². The molecule has 0 aliphatic carbocycles. The first-order valence-corrected chi connectivity index (χ1v) is 3.83. The second-order valence-electron chi connectivity index (χ2n) is 2.57. The third-order valence-electron chi connectivity index (χ3n) is 1.53. The first-order chi connectivity index (χ1) is 5.52. The first kappa shape index (κ1) is 9.00. The Morgan fingerprint density at radius 1 is 1.58 bits per heavy atom. The molecular formula is C8H9ClN2O. The number of carbonyl (C=O) groups excluding carboxylic acids is 1. The number of aryl methyl sites for hydroxylation is 2. The van der Waals surface area contributed by atoms with E-state index in [-0.39, 0.29) is 0 Å². The normalized spacial score (nSPS) is 9.92. The molecule has 0 aromatic carbocycles. The van der Waals surface area contributed by atoms with E-state index in [2.05, 4.69) is 4.98 Å². The first-order valence-electron chi connectivity index (χ1n) is 3.46. The molecule has 0 aliphatic heterocycles. The lowest BCUT2D eigenvalue weighted by molar-refractivity contribution is 0.0999. The molecule has 2 N–H and O–H groups in total. The number of aromatic nitrogens is 1. The van der Waals surface area contributed by atoms with Gasteiger partial charge in [0.15, 0.2) is 0 Å². The third-order valence-corrected chi connectivity index (χ3v) is 1.82. The predicted molar refractivity (Wildman–Crippen MR) is 47.2 cm³/mol. The summed E-state index contributed by atoms with van der Waals surface area (Å²) in [6.45, 7) is 3.52. The van der Waals surface area contributed by atoms with Crippen LogP contribution in [0.25, 0.3) is 0 Å². The maximum absolute atomic E-state index is 10.9. The van der Waals surface area contributed by atoms with Gasteiger partial charge in [0.05, 0.1) is 16.3 Å². The van der Waals surface area contributed by atoms with Crippen LogP contribution in [0.5, 0.6) is 0 Å². The van der Waals surface area contributed by atoms with Crippen LogP contribution >= 0.6 is 11.6 Å². The average molecular weight is 185 g/mol. The van der Waals surface area contributed by atoms with Crippen LogP contribution < -0.4 is 5.73 Å². The van der Waals surface area contributed by atoms with E-state index in [1.54, 1.807) is 13.0 Å². The van der Waals surface area contributed by atoms with Crippen LogP contribution in [-0.2, 0) is 0 Å². The average Bonchev–Trinajstić information content (AvgIpc) is 1.82. The largest absolute Gasteiger partial charge is 0.365 e. The predicted octanol–water partition coefficient (Wildman–Crippen LogP) is 1.45. The van der Waals surface area contributed by atoms with E-state index in [0.29, 0.717) is 16.3 Å². The van der Waals surface area contributed by atoms with Gasteiger partial charge in [0.25, 0.3) is 5.91 Å². The quantitative estimate of drug-likeness (QED) is 0.718. The Labute approximate surface area is 75.6 Å². The van der Waals surface area contributed by atoms with Crippen LogP contribution in [0, 0.1) is 13.8 Å². The number of carbonyl (C=O) groups is 1. The lowest BCUT2D eigenvalue weighted by atomic mass is 10.2. The number of halogens is 1. The maximum atomic E-state index is 10.9. The summed E-state index contributed by atoms with van der Waals surface area (Å²) < 4.78 is 0.